The Balaban J connectivity index is 1.91. The minimum absolute atomic E-state index is 0.0574. The molecular weight excluding hydrogens is 414 g/mol. The molecule has 1 aromatic carbocycles. The normalized spacial score (nSPS) is 29.6. The van der Waals surface area contributed by atoms with Crippen LogP contribution in [0.4, 0.5) is 0 Å². The van der Waals surface area contributed by atoms with Gasteiger partial charge in [-0.1, -0.05) is 51.1 Å². The molecule has 1 fully saturated rings. The highest BCUT2D eigenvalue weighted by Gasteiger charge is 2.54. The first-order valence-electron chi connectivity index (χ1n) is 12.7. The number of nitrogens with one attached hydrogen (secondary N) is 1. The number of nitrogens with zero attached hydrogens (tertiary/aromatic N) is 2. The zero-order chi connectivity index (χ0) is 24.9. The van der Waals surface area contributed by atoms with Crippen LogP contribution in [0.5, 0.6) is 0 Å². The fourth-order valence-corrected chi connectivity index (χ4v) is 5.15. The Morgan fingerprint density at radius 2 is 1.88 bits per heavy atom. The van der Waals surface area contributed by atoms with E-state index in [2.05, 4.69) is 78.3 Å². The third-order valence-corrected chi connectivity index (χ3v) is 7.96. The predicted octanol–water partition coefficient (Wildman–Crippen LogP) is 4.13. The molecule has 6 nitrogen and oxygen atoms in total. The van der Waals surface area contributed by atoms with Crippen LogP contribution in [0.15, 0.2) is 30.3 Å². The number of carbonyl (C=O) groups is 1. The van der Waals surface area contributed by atoms with E-state index in [1.54, 1.807) is 0 Å². The second-order valence-corrected chi connectivity index (χ2v) is 11.1. The lowest BCUT2D eigenvalue weighted by Gasteiger charge is -2.58. The molecular formula is C27H48N3O3+. The molecule has 1 aromatic rings. The number of amides is 1. The molecule has 1 saturated heterocycles. The fourth-order valence-electron chi connectivity index (χ4n) is 5.15. The number of carbonyl (C=O) groups excluding carboxylic acids is 1. The second-order valence-electron chi connectivity index (χ2n) is 11.1. The summed E-state index contributed by atoms with van der Waals surface area (Å²) in [5.41, 5.74) is 0.674. The van der Waals surface area contributed by atoms with Crippen LogP contribution in [0.2, 0.25) is 0 Å². The number of hydrogen-bond acceptors (Lipinski definition) is 4. The first-order chi connectivity index (χ1) is 15.4. The Bertz CT molecular complexity index is 756. The fraction of sp³-hybridized carbons (Fsp3) is 0.741. The summed E-state index contributed by atoms with van der Waals surface area (Å²) < 4.78 is 0.879. The average molecular weight is 463 g/mol. The van der Waals surface area contributed by atoms with Crippen molar-refractivity contribution < 1.29 is 19.2 Å². The molecule has 1 amide bonds. The zero-order valence-electron chi connectivity index (χ0n) is 22.2. The third-order valence-electron chi connectivity index (χ3n) is 7.96. The number of aliphatic hydroxyl groups is 1. The van der Waals surface area contributed by atoms with Crippen LogP contribution in [-0.4, -0.2) is 71.0 Å². The Morgan fingerprint density at radius 1 is 1.24 bits per heavy atom. The van der Waals surface area contributed by atoms with Crippen LogP contribution in [0.3, 0.4) is 0 Å². The molecule has 0 bridgehead atoms. The molecule has 0 saturated carbocycles. The van der Waals surface area contributed by atoms with Crippen LogP contribution in [0, 0.1) is 5.92 Å². The Morgan fingerprint density at radius 3 is 2.45 bits per heavy atom. The lowest BCUT2D eigenvalue weighted by molar-refractivity contribution is -0.903. The molecule has 1 aliphatic heterocycles. The van der Waals surface area contributed by atoms with Crippen molar-refractivity contribution >= 4 is 5.91 Å². The van der Waals surface area contributed by atoms with Gasteiger partial charge < -0.3 is 14.9 Å². The summed E-state index contributed by atoms with van der Waals surface area (Å²) in [6.07, 6.45) is 2.27. The van der Waals surface area contributed by atoms with E-state index >= 15 is 0 Å². The molecule has 6 heteroatoms. The minimum atomic E-state index is -0.587. The van der Waals surface area contributed by atoms with Crippen molar-refractivity contribution in [1.82, 2.24) is 10.4 Å². The van der Waals surface area contributed by atoms with Crippen molar-refractivity contribution in [3.8, 4) is 0 Å². The smallest absolute Gasteiger partial charge is 0.250 e. The summed E-state index contributed by atoms with van der Waals surface area (Å²) in [6, 6.07) is 10.5. The molecule has 1 heterocycles. The number of benzene rings is 1. The van der Waals surface area contributed by atoms with Crippen molar-refractivity contribution in [2.24, 2.45) is 5.92 Å². The number of rotatable bonds is 11. The molecule has 33 heavy (non-hydrogen) atoms. The van der Waals surface area contributed by atoms with Gasteiger partial charge in [-0.25, -0.2) is 0 Å². The average Bonchev–Trinajstić information content (AvgIpc) is 2.78. The van der Waals surface area contributed by atoms with E-state index in [1.807, 2.05) is 18.1 Å². The molecule has 5 atom stereocenters. The molecule has 0 radical (unpaired) electrons. The highest BCUT2D eigenvalue weighted by molar-refractivity contribution is 5.80. The highest BCUT2D eigenvalue weighted by Crippen LogP contribution is 2.46. The summed E-state index contributed by atoms with van der Waals surface area (Å²) in [5, 5.41) is 15.8. The van der Waals surface area contributed by atoms with Crippen LogP contribution < -0.4 is 5.32 Å². The zero-order valence-corrected chi connectivity index (χ0v) is 22.2. The SMILES string of the molecule is CCC1(C)CC(O)C(C)C(C)(CC)N1OC(C)C(=O)NCCC[N+](C)(C)Cc1ccccc1. The van der Waals surface area contributed by atoms with Gasteiger partial charge in [-0.15, -0.1) is 0 Å². The van der Waals surface area contributed by atoms with E-state index in [0.29, 0.717) is 13.0 Å². The number of piperidine rings is 1. The summed E-state index contributed by atoms with van der Waals surface area (Å²) >= 11 is 0. The number of hydrogen-bond donors (Lipinski definition) is 2. The number of quaternary nitrogens is 1. The van der Waals surface area contributed by atoms with Crippen molar-refractivity contribution in [3.63, 3.8) is 0 Å². The summed E-state index contributed by atoms with van der Waals surface area (Å²) in [6.45, 7) is 15.0. The van der Waals surface area contributed by atoms with Gasteiger partial charge >= 0.3 is 0 Å². The van der Waals surface area contributed by atoms with Gasteiger partial charge in [0.1, 0.15) is 6.54 Å². The van der Waals surface area contributed by atoms with Crippen molar-refractivity contribution in [3.05, 3.63) is 35.9 Å². The lowest BCUT2D eigenvalue weighted by atomic mass is 9.69. The molecule has 0 aliphatic carbocycles. The molecule has 2 rings (SSSR count). The van der Waals surface area contributed by atoms with Crippen molar-refractivity contribution in [2.75, 3.05) is 27.2 Å². The monoisotopic (exact) mass is 462 g/mol. The molecule has 2 N–H and O–H groups in total. The van der Waals surface area contributed by atoms with Gasteiger partial charge in [0.2, 0.25) is 0 Å². The van der Waals surface area contributed by atoms with Crippen LogP contribution in [0.1, 0.15) is 72.8 Å². The van der Waals surface area contributed by atoms with Crippen LogP contribution in [0.25, 0.3) is 0 Å². The summed E-state index contributed by atoms with van der Waals surface area (Å²) in [4.78, 5) is 19.2. The maximum Gasteiger partial charge on any atom is 0.250 e. The van der Waals surface area contributed by atoms with E-state index in [-0.39, 0.29) is 29.0 Å². The number of hydroxylamine groups is 2. The quantitative estimate of drug-likeness (QED) is 0.383. The Kier molecular flexibility index (Phi) is 9.51. The van der Waals surface area contributed by atoms with Crippen molar-refractivity contribution in [1.29, 1.82) is 0 Å². The van der Waals surface area contributed by atoms with E-state index in [0.717, 1.165) is 36.8 Å². The second kappa shape index (κ2) is 11.3. The Labute approximate surface area is 201 Å². The first-order valence-corrected chi connectivity index (χ1v) is 12.7. The van der Waals surface area contributed by atoms with Gasteiger partial charge in [0.15, 0.2) is 6.10 Å². The van der Waals surface area contributed by atoms with Gasteiger partial charge in [-0.05, 0) is 40.0 Å². The largest absolute Gasteiger partial charge is 0.393 e. The van der Waals surface area contributed by atoms with Gasteiger partial charge in [0.25, 0.3) is 5.91 Å². The van der Waals surface area contributed by atoms with E-state index < -0.39 is 6.10 Å². The lowest BCUT2D eigenvalue weighted by Crippen LogP contribution is -2.68. The van der Waals surface area contributed by atoms with Crippen molar-refractivity contribution in [2.45, 2.75) is 97.1 Å². The minimum Gasteiger partial charge on any atom is -0.393 e. The summed E-state index contributed by atoms with van der Waals surface area (Å²) in [7, 11) is 4.45. The van der Waals surface area contributed by atoms with Gasteiger partial charge in [-0.3, -0.25) is 9.63 Å². The standard InChI is InChI=1S/C27H47N3O3/c1-9-26(5)19-24(31)21(3)27(6,10-2)29(26)33-22(4)25(32)28-17-14-18-30(7,8)20-23-15-12-11-13-16-23/h11-13,15-16,21-22,24,31H,9-10,14,17-20H2,1-8H3/p+1. The maximum absolute atomic E-state index is 12.9. The third kappa shape index (κ3) is 6.78. The molecule has 5 unspecified atom stereocenters. The van der Waals surface area contributed by atoms with Gasteiger partial charge in [0, 0.05) is 35.5 Å². The topological polar surface area (TPSA) is 61.8 Å². The van der Waals surface area contributed by atoms with E-state index in [9.17, 15) is 9.90 Å². The Hall–Kier alpha value is -1.47. The maximum atomic E-state index is 12.9. The molecule has 188 valence electrons. The van der Waals surface area contributed by atoms with E-state index in [4.69, 9.17) is 4.84 Å². The summed E-state index contributed by atoms with van der Waals surface area (Å²) in [5.74, 6) is -0.0268. The first kappa shape index (κ1) is 27.8. The molecule has 0 spiro atoms. The van der Waals surface area contributed by atoms with Gasteiger partial charge in [0.05, 0.1) is 26.7 Å². The predicted molar refractivity (Wildman–Crippen MR) is 134 cm³/mol. The number of aliphatic hydroxyl groups excluding tert-OH is 1. The highest BCUT2D eigenvalue weighted by atomic mass is 16.7. The van der Waals surface area contributed by atoms with Crippen LogP contribution in [-0.2, 0) is 16.2 Å². The van der Waals surface area contributed by atoms with Crippen LogP contribution >= 0.6 is 0 Å². The van der Waals surface area contributed by atoms with E-state index in [1.165, 1.54) is 5.56 Å². The molecule has 1 aliphatic rings. The van der Waals surface area contributed by atoms with Gasteiger partial charge in [-0.2, -0.15) is 5.06 Å². The molecule has 0 aromatic heterocycles.